The van der Waals surface area contributed by atoms with Gasteiger partial charge < -0.3 is 9.80 Å². The molecule has 2 fully saturated rings. The predicted molar refractivity (Wildman–Crippen MR) is 110 cm³/mol. The number of hydrogen-bond acceptors (Lipinski definition) is 4. The normalized spacial score (nSPS) is 22.6. The summed E-state index contributed by atoms with van der Waals surface area (Å²) < 4.78 is 23.7. The summed E-state index contributed by atoms with van der Waals surface area (Å²) in [5, 5.41) is 0. The summed E-state index contributed by atoms with van der Waals surface area (Å²) >= 11 is 0. The molecule has 6 nitrogen and oxygen atoms in total. The summed E-state index contributed by atoms with van der Waals surface area (Å²) in [5.41, 5.74) is 1.19. The second-order valence-corrected chi connectivity index (χ2v) is 10.6. The summed E-state index contributed by atoms with van der Waals surface area (Å²) in [6.07, 6.45) is 2.51. The molecule has 0 aromatic heterocycles. The highest BCUT2D eigenvalue weighted by Crippen LogP contribution is 2.50. The minimum atomic E-state index is -2.93. The van der Waals surface area contributed by atoms with Crippen molar-refractivity contribution < 1.29 is 18.0 Å². The maximum absolute atomic E-state index is 13.1. The molecule has 1 spiro atoms. The minimum Gasteiger partial charge on any atom is -0.334 e. The second-order valence-electron chi connectivity index (χ2n) is 8.28. The fourth-order valence-electron chi connectivity index (χ4n) is 4.67. The van der Waals surface area contributed by atoms with Gasteiger partial charge in [0.1, 0.15) is 9.84 Å². The standard InChI is InChI=1S/C21H28N2O4S/c1-5-18(24)22(4)17-8-6-16(7-9-17)20(25)23-14-21(19(23)15(2)3)10-12-28(26,27)13-11-21/h5-9,15,19H,1,10-14H2,2-4H3. The van der Waals surface area contributed by atoms with Crippen LogP contribution < -0.4 is 4.90 Å². The highest BCUT2D eigenvalue weighted by Gasteiger charge is 2.56. The van der Waals surface area contributed by atoms with Gasteiger partial charge in [-0.15, -0.1) is 0 Å². The molecule has 2 aliphatic rings. The number of likely N-dealkylation sites (N-methyl/N-ethyl adjacent to an activating group) is 1. The first-order chi connectivity index (χ1) is 13.1. The molecular formula is C21H28N2O4S. The molecule has 2 heterocycles. The van der Waals surface area contributed by atoms with Crippen LogP contribution in [0.1, 0.15) is 37.0 Å². The Kier molecular flexibility index (Phi) is 5.40. The average Bonchev–Trinajstić information content (AvgIpc) is 2.65. The molecule has 1 unspecified atom stereocenters. The lowest BCUT2D eigenvalue weighted by atomic mass is 9.63. The Labute approximate surface area is 167 Å². The van der Waals surface area contributed by atoms with E-state index in [1.54, 1.807) is 31.3 Å². The van der Waals surface area contributed by atoms with Gasteiger partial charge in [-0.05, 0) is 49.1 Å². The Morgan fingerprint density at radius 2 is 1.79 bits per heavy atom. The molecule has 1 aromatic rings. The van der Waals surface area contributed by atoms with Crippen LogP contribution in [0, 0.1) is 11.3 Å². The van der Waals surface area contributed by atoms with Gasteiger partial charge in [-0.3, -0.25) is 9.59 Å². The van der Waals surface area contributed by atoms with Crippen LogP contribution in [0.15, 0.2) is 36.9 Å². The molecule has 0 aliphatic carbocycles. The predicted octanol–water partition coefficient (Wildman–Crippen LogP) is 2.51. The van der Waals surface area contributed by atoms with Gasteiger partial charge in [0.2, 0.25) is 5.91 Å². The van der Waals surface area contributed by atoms with Crippen molar-refractivity contribution in [1.82, 2.24) is 4.90 Å². The molecule has 0 N–H and O–H groups in total. The van der Waals surface area contributed by atoms with Crippen LogP contribution in [0.2, 0.25) is 0 Å². The van der Waals surface area contributed by atoms with E-state index in [1.807, 2.05) is 4.90 Å². The molecule has 2 saturated heterocycles. The van der Waals surface area contributed by atoms with Gasteiger partial charge in [0.15, 0.2) is 0 Å². The number of likely N-dealkylation sites (tertiary alicyclic amines) is 1. The first-order valence-electron chi connectivity index (χ1n) is 9.62. The minimum absolute atomic E-state index is 0.0398. The summed E-state index contributed by atoms with van der Waals surface area (Å²) in [6.45, 7) is 8.27. The zero-order valence-electron chi connectivity index (χ0n) is 16.7. The highest BCUT2D eigenvalue weighted by atomic mass is 32.2. The summed E-state index contributed by atoms with van der Waals surface area (Å²) in [6, 6.07) is 7.03. The van der Waals surface area contributed by atoms with Crippen molar-refractivity contribution in [1.29, 1.82) is 0 Å². The van der Waals surface area contributed by atoms with Gasteiger partial charge >= 0.3 is 0 Å². The zero-order chi connectivity index (χ0) is 20.7. The molecule has 3 rings (SSSR count). The van der Waals surface area contributed by atoms with Gasteiger partial charge in [-0.25, -0.2) is 8.42 Å². The molecule has 7 heteroatoms. The SMILES string of the molecule is C=CC(=O)N(C)c1ccc(C(=O)N2CC3(CCS(=O)(=O)CC3)C2C(C)C)cc1. The summed E-state index contributed by atoms with van der Waals surface area (Å²) in [4.78, 5) is 28.2. The number of benzene rings is 1. The van der Waals surface area contributed by atoms with Crippen LogP contribution in [0.25, 0.3) is 0 Å². The van der Waals surface area contributed by atoms with Crippen LogP contribution in [0.3, 0.4) is 0 Å². The third-order valence-electron chi connectivity index (χ3n) is 6.17. The van der Waals surface area contributed by atoms with E-state index >= 15 is 0 Å². The van der Waals surface area contributed by atoms with E-state index in [9.17, 15) is 18.0 Å². The first-order valence-corrected chi connectivity index (χ1v) is 11.4. The van der Waals surface area contributed by atoms with Crippen molar-refractivity contribution in [3.05, 3.63) is 42.5 Å². The molecule has 0 bridgehead atoms. The number of sulfone groups is 1. The topological polar surface area (TPSA) is 74.8 Å². The van der Waals surface area contributed by atoms with Crippen molar-refractivity contribution in [3.8, 4) is 0 Å². The number of nitrogens with zero attached hydrogens (tertiary/aromatic N) is 2. The van der Waals surface area contributed by atoms with Crippen molar-refractivity contribution in [2.45, 2.75) is 32.7 Å². The molecule has 2 aliphatic heterocycles. The number of amides is 2. The van der Waals surface area contributed by atoms with E-state index in [1.165, 1.54) is 11.0 Å². The Bertz CT molecular complexity index is 875. The van der Waals surface area contributed by atoms with Crippen LogP contribution in [-0.2, 0) is 14.6 Å². The van der Waals surface area contributed by atoms with Crippen LogP contribution in [0.5, 0.6) is 0 Å². The van der Waals surface area contributed by atoms with Crippen LogP contribution in [0.4, 0.5) is 5.69 Å². The zero-order valence-corrected chi connectivity index (χ0v) is 17.5. The maximum atomic E-state index is 13.1. The van der Waals surface area contributed by atoms with E-state index in [0.717, 1.165) is 0 Å². The van der Waals surface area contributed by atoms with Crippen molar-refractivity contribution >= 4 is 27.3 Å². The highest BCUT2D eigenvalue weighted by molar-refractivity contribution is 7.91. The third-order valence-corrected chi connectivity index (χ3v) is 7.82. The van der Waals surface area contributed by atoms with E-state index in [2.05, 4.69) is 20.4 Å². The molecule has 1 atom stereocenters. The van der Waals surface area contributed by atoms with Crippen molar-refractivity contribution in [3.63, 3.8) is 0 Å². The van der Waals surface area contributed by atoms with Crippen molar-refractivity contribution in [2.24, 2.45) is 11.3 Å². The lowest BCUT2D eigenvalue weighted by Crippen LogP contribution is -2.69. The number of rotatable bonds is 4. The lowest BCUT2D eigenvalue weighted by Gasteiger charge is -2.61. The summed E-state index contributed by atoms with van der Waals surface area (Å²) in [5.74, 6) is 0.444. The van der Waals surface area contributed by atoms with Gasteiger partial charge in [-0.2, -0.15) is 0 Å². The Morgan fingerprint density at radius 1 is 1.21 bits per heavy atom. The first kappa shape index (κ1) is 20.6. The molecule has 28 heavy (non-hydrogen) atoms. The van der Waals surface area contributed by atoms with E-state index < -0.39 is 9.84 Å². The van der Waals surface area contributed by atoms with E-state index in [0.29, 0.717) is 30.6 Å². The second kappa shape index (κ2) is 7.35. The Hall–Kier alpha value is -2.15. The van der Waals surface area contributed by atoms with Crippen molar-refractivity contribution in [2.75, 3.05) is 30.0 Å². The summed E-state index contributed by atoms with van der Waals surface area (Å²) in [7, 11) is -1.28. The monoisotopic (exact) mass is 404 g/mol. The Morgan fingerprint density at radius 3 is 2.29 bits per heavy atom. The molecule has 0 saturated carbocycles. The van der Waals surface area contributed by atoms with Crippen LogP contribution >= 0.6 is 0 Å². The molecule has 2 amide bonds. The van der Waals surface area contributed by atoms with E-state index in [-0.39, 0.29) is 40.7 Å². The number of carbonyl (C=O) groups excluding carboxylic acids is 2. The van der Waals surface area contributed by atoms with Crippen LogP contribution in [-0.4, -0.2) is 56.3 Å². The van der Waals surface area contributed by atoms with Gasteiger partial charge in [0.25, 0.3) is 5.91 Å². The molecule has 0 radical (unpaired) electrons. The molecular weight excluding hydrogens is 376 g/mol. The number of anilines is 1. The average molecular weight is 405 g/mol. The third kappa shape index (κ3) is 3.60. The number of carbonyl (C=O) groups is 2. The largest absolute Gasteiger partial charge is 0.334 e. The quantitative estimate of drug-likeness (QED) is 0.723. The van der Waals surface area contributed by atoms with Gasteiger partial charge in [0, 0.05) is 36.3 Å². The fraction of sp³-hybridized carbons (Fsp3) is 0.524. The van der Waals surface area contributed by atoms with Gasteiger partial charge in [0.05, 0.1) is 11.5 Å². The Balaban J connectivity index is 1.76. The fourth-order valence-corrected chi connectivity index (χ4v) is 6.31. The maximum Gasteiger partial charge on any atom is 0.254 e. The molecule has 1 aromatic carbocycles. The molecule has 152 valence electrons. The number of hydrogen-bond donors (Lipinski definition) is 0. The smallest absolute Gasteiger partial charge is 0.254 e. The lowest BCUT2D eigenvalue weighted by molar-refractivity contribution is -0.113. The van der Waals surface area contributed by atoms with Gasteiger partial charge in [-0.1, -0.05) is 20.4 Å². The van der Waals surface area contributed by atoms with E-state index in [4.69, 9.17) is 0 Å².